The number of nitrogens with one attached hydrogen (secondary N) is 1. The second kappa shape index (κ2) is 6.48. The Bertz CT molecular complexity index is 905. The van der Waals surface area contributed by atoms with Gasteiger partial charge in [0.15, 0.2) is 11.5 Å². The van der Waals surface area contributed by atoms with Gasteiger partial charge in [-0.3, -0.25) is 0 Å². The topological polar surface area (TPSA) is 45.4 Å². The van der Waals surface area contributed by atoms with E-state index in [2.05, 4.69) is 21.2 Å². The summed E-state index contributed by atoms with van der Waals surface area (Å²) in [4.78, 5) is 0. The SMILES string of the molecule is CNc1oc(-c2ccccc2)c(O)c1-c1cccc(C(F)(F)F)c1Br. The molecule has 1 heterocycles. The molecular formula is C18H13BrF3NO2. The number of hydrogen-bond acceptors (Lipinski definition) is 3. The lowest BCUT2D eigenvalue weighted by molar-refractivity contribution is -0.138. The van der Waals surface area contributed by atoms with Crippen LogP contribution >= 0.6 is 15.9 Å². The van der Waals surface area contributed by atoms with Crippen molar-refractivity contribution in [3.05, 3.63) is 58.6 Å². The minimum Gasteiger partial charge on any atom is -0.504 e. The summed E-state index contributed by atoms with van der Waals surface area (Å²) in [6, 6.07) is 12.6. The Kier molecular flexibility index (Phi) is 4.51. The van der Waals surface area contributed by atoms with Crippen molar-refractivity contribution in [2.24, 2.45) is 0 Å². The average molecular weight is 412 g/mol. The van der Waals surface area contributed by atoms with Crippen LogP contribution in [0.25, 0.3) is 22.5 Å². The molecule has 3 nitrogen and oxygen atoms in total. The molecule has 0 spiro atoms. The molecule has 0 unspecified atom stereocenters. The summed E-state index contributed by atoms with van der Waals surface area (Å²) >= 11 is 3.02. The van der Waals surface area contributed by atoms with E-state index in [0.717, 1.165) is 6.07 Å². The minimum atomic E-state index is -4.52. The molecule has 0 atom stereocenters. The van der Waals surface area contributed by atoms with Crippen LogP contribution < -0.4 is 5.32 Å². The maximum absolute atomic E-state index is 13.2. The second-order valence-electron chi connectivity index (χ2n) is 5.26. The van der Waals surface area contributed by atoms with E-state index in [0.29, 0.717) is 5.56 Å². The number of hydrogen-bond donors (Lipinski definition) is 2. The minimum absolute atomic E-state index is 0.158. The fourth-order valence-corrected chi connectivity index (χ4v) is 3.26. The molecule has 130 valence electrons. The van der Waals surface area contributed by atoms with Gasteiger partial charge in [-0.15, -0.1) is 0 Å². The van der Waals surface area contributed by atoms with E-state index in [9.17, 15) is 18.3 Å². The molecular weight excluding hydrogens is 399 g/mol. The predicted octanol–water partition coefficient (Wildman–Crippen LogP) is 6.14. The lowest BCUT2D eigenvalue weighted by Gasteiger charge is -2.12. The van der Waals surface area contributed by atoms with Crippen molar-refractivity contribution in [3.63, 3.8) is 0 Å². The largest absolute Gasteiger partial charge is 0.504 e. The normalized spacial score (nSPS) is 11.6. The summed E-state index contributed by atoms with van der Waals surface area (Å²) in [7, 11) is 1.57. The van der Waals surface area contributed by atoms with Crippen molar-refractivity contribution in [3.8, 4) is 28.2 Å². The van der Waals surface area contributed by atoms with Crippen LogP contribution in [0.3, 0.4) is 0 Å². The van der Waals surface area contributed by atoms with Gasteiger partial charge in [-0.05, 0) is 22.0 Å². The van der Waals surface area contributed by atoms with Gasteiger partial charge >= 0.3 is 6.18 Å². The highest BCUT2D eigenvalue weighted by Crippen LogP contribution is 2.49. The third-order valence-corrected chi connectivity index (χ3v) is 4.57. The highest BCUT2D eigenvalue weighted by molar-refractivity contribution is 9.10. The summed E-state index contributed by atoms with van der Waals surface area (Å²) in [5.41, 5.74) is 0.140. The fraction of sp³-hybridized carbons (Fsp3) is 0.111. The number of aromatic hydroxyl groups is 1. The highest BCUT2D eigenvalue weighted by Gasteiger charge is 2.35. The molecule has 0 aliphatic rings. The summed E-state index contributed by atoms with van der Waals surface area (Å²) < 4.78 is 45.0. The van der Waals surface area contributed by atoms with Gasteiger partial charge in [-0.1, -0.05) is 42.5 Å². The molecule has 7 heteroatoms. The van der Waals surface area contributed by atoms with Crippen LogP contribution in [0.15, 0.2) is 57.4 Å². The summed E-state index contributed by atoms with van der Waals surface area (Å²) in [5.74, 6) is 0.135. The molecule has 0 saturated heterocycles. The number of halogens is 4. The van der Waals surface area contributed by atoms with Gasteiger partial charge in [-0.2, -0.15) is 13.2 Å². The molecule has 2 aromatic carbocycles. The third-order valence-electron chi connectivity index (χ3n) is 3.72. The zero-order valence-corrected chi connectivity index (χ0v) is 14.6. The van der Waals surface area contributed by atoms with E-state index in [1.165, 1.54) is 12.1 Å². The number of rotatable bonds is 3. The van der Waals surface area contributed by atoms with Gasteiger partial charge in [0.1, 0.15) is 0 Å². The molecule has 25 heavy (non-hydrogen) atoms. The Balaban J connectivity index is 2.24. The lowest BCUT2D eigenvalue weighted by Crippen LogP contribution is -2.06. The van der Waals surface area contributed by atoms with Crippen LogP contribution in [0.1, 0.15) is 5.56 Å². The Morgan fingerprint density at radius 2 is 1.72 bits per heavy atom. The van der Waals surface area contributed by atoms with E-state index < -0.39 is 11.7 Å². The molecule has 0 aliphatic heterocycles. The summed E-state index contributed by atoms with van der Waals surface area (Å²) in [6.45, 7) is 0. The van der Waals surface area contributed by atoms with Gasteiger partial charge in [0, 0.05) is 22.6 Å². The van der Waals surface area contributed by atoms with Crippen LogP contribution in [0, 0.1) is 0 Å². The van der Waals surface area contributed by atoms with E-state index >= 15 is 0 Å². The van der Waals surface area contributed by atoms with Crippen molar-refractivity contribution in [2.45, 2.75) is 6.18 Å². The lowest BCUT2D eigenvalue weighted by atomic mass is 10.0. The van der Waals surface area contributed by atoms with Crippen LogP contribution in [0.2, 0.25) is 0 Å². The maximum Gasteiger partial charge on any atom is 0.417 e. The molecule has 3 aromatic rings. The Hall–Kier alpha value is -2.41. The molecule has 1 aromatic heterocycles. The number of alkyl halides is 3. The van der Waals surface area contributed by atoms with Gasteiger partial charge in [-0.25, -0.2) is 0 Å². The standard InChI is InChI=1S/C18H13BrF3NO2/c1-23-17-13(11-8-5-9-12(14(11)19)18(20,21)22)15(24)16(25-17)10-6-3-2-4-7-10/h2-9,23-24H,1H3. The number of anilines is 1. The molecule has 0 bridgehead atoms. The van der Waals surface area contributed by atoms with Crippen LogP contribution in [0.5, 0.6) is 5.75 Å². The monoisotopic (exact) mass is 411 g/mol. The van der Waals surface area contributed by atoms with Gasteiger partial charge in [0.25, 0.3) is 0 Å². The summed E-state index contributed by atoms with van der Waals surface area (Å²) in [5, 5.41) is 13.4. The van der Waals surface area contributed by atoms with E-state index in [1.807, 2.05) is 6.07 Å². The zero-order valence-electron chi connectivity index (χ0n) is 13.0. The molecule has 2 N–H and O–H groups in total. The Morgan fingerprint density at radius 3 is 2.32 bits per heavy atom. The van der Waals surface area contributed by atoms with Gasteiger partial charge in [0.2, 0.25) is 5.88 Å². The van der Waals surface area contributed by atoms with Crippen molar-refractivity contribution < 1.29 is 22.7 Å². The van der Waals surface area contributed by atoms with Gasteiger partial charge < -0.3 is 14.8 Å². The predicted molar refractivity (Wildman–Crippen MR) is 93.5 cm³/mol. The van der Waals surface area contributed by atoms with E-state index in [-0.39, 0.29) is 33.0 Å². The number of benzene rings is 2. The zero-order chi connectivity index (χ0) is 18.2. The molecule has 0 amide bonds. The van der Waals surface area contributed by atoms with Crippen LogP contribution in [-0.2, 0) is 6.18 Å². The maximum atomic E-state index is 13.2. The molecule has 0 saturated carbocycles. The smallest absolute Gasteiger partial charge is 0.417 e. The van der Waals surface area contributed by atoms with E-state index in [1.54, 1.807) is 31.3 Å². The highest BCUT2D eigenvalue weighted by atomic mass is 79.9. The first kappa shape index (κ1) is 17.4. The van der Waals surface area contributed by atoms with E-state index in [4.69, 9.17) is 4.42 Å². The molecule has 3 rings (SSSR count). The van der Waals surface area contributed by atoms with Gasteiger partial charge in [0.05, 0.1) is 11.1 Å². The van der Waals surface area contributed by atoms with Crippen molar-refractivity contribution in [2.75, 3.05) is 12.4 Å². The van der Waals surface area contributed by atoms with Crippen molar-refractivity contribution in [1.29, 1.82) is 0 Å². The second-order valence-corrected chi connectivity index (χ2v) is 6.06. The average Bonchev–Trinajstić information content (AvgIpc) is 2.91. The first-order chi connectivity index (χ1) is 11.8. The van der Waals surface area contributed by atoms with Crippen LogP contribution in [0.4, 0.5) is 19.1 Å². The fourth-order valence-electron chi connectivity index (χ4n) is 2.58. The van der Waals surface area contributed by atoms with Crippen molar-refractivity contribution in [1.82, 2.24) is 0 Å². The Labute approximate surface area is 150 Å². The first-order valence-electron chi connectivity index (χ1n) is 7.29. The third kappa shape index (κ3) is 3.11. The summed E-state index contributed by atoms with van der Waals surface area (Å²) in [6.07, 6.45) is -4.52. The molecule has 0 fully saturated rings. The van der Waals surface area contributed by atoms with Crippen molar-refractivity contribution >= 4 is 21.8 Å². The Morgan fingerprint density at radius 1 is 1.04 bits per heavy atom. The molecule has 0 radical (unpaired) electrons. The quantitative estimate of drug-likeness (QED) is 0.543. The first-order valence-corrected chi connectivity index (χ1v) is 8.09. The van der Waals surface area contributed by atoms with Crippen LogP contribution in [-0.4, -0.2) is 12.2 Å². The molecule has 0 aliphatic carbocycles. The number of furan rings is 1.